The van der Waals surface area contributed by atoms with Crippen LogP contribution in [0.1, 0.15) is 53.2 Å². The highest BCUT2D eigenvalue weighted by molar-refractivity contribution is 9.10. The molecular formula is C22H24BrNO3. The van der Waals surface area contributed by atoms with Crippen LogP contribution in [-0.2, 0) is 10.4 Å². The first-order valence-corrected chi connectivity index (χ1v) is 10.0. The summed E-state index contributed by atoms with van der Waals surface area (Å²) >= 11 is 3.41. The minimum Gasteiger partial charge on any atom is -0.375 e. The van der Waals surface area contributed by atoms with Crippen molar-refractivity contribution in [2.45, 2.75) is 45.6 Å². The van der Waals surface area contributed by atoms with E-state index in [1.165, 1.54) is 0 Å². The first kappa shape index (κ1) is 19.8. The minimum absolute atomic E-state index is 0.230. The van der Waals surface area contributed by atoms with Gasteiger partial charge in [0, 0.05) is 22.1 Å². The normalized spacial score (nSPS) is 18.7. The predicted octanol–water partition coefficient (Wildman–Crippen LogP) is 4.67. The Balaban J connectivity index is 1.99. The number of aryl methyl sites for hydroxylation is 2. The molecule has 0 aliphatic carbocycles. The van der Waals surface area contributed by atoms with E-state index in [1.807, 2.05) is 38.1 Å². The van der Waals surface area contributed by atoms with Gasteiger partial charge in [-0.05, 0) is 44.0 Å². The number of anilines is 1. The molecule has 1 atom stereocenters. The van der Waals surface area contributed by atoms with E-state index in [4.69, 9.17) is 0 Å². The summed E-state index contributed by atoms with van der Waals surface area (Å²) < 4.78 is 0.767. The number of carbonyl (C=O) groups is 2. The Morgan fingerprint density at radius 2 is 1.93 bits per heavy atom. The van der Waals surface area contributed by atoms with Crippen molar-refractivity contribution in [3.63, 3.8) is 0 Å². The molecule has 1 heterocycles. The predicted molar refractivity (Wildman–Crippen MR) is 110 cm³/mol. The smallest absolute Gasteiger partial charge is 0.264 e. The first-order valence-electron chi connectivity index (χ1n) is 9.22. The van der Waals surface area contributed by atoms with Gasteiger partial charge in [-0.2, -0.15) is 0 Å². The Kier molecular flexibility index (Phi) is 5.54. The maximum absolute atomic E-state index is 13.1. The van der Waals surface area contributed by atoms with Gasteiger partial charge in [-0.1, -0.05) is 53.0 Å². The monoisotopic (exact) mass is 429 g/mol. The van der Waals surface area contributed by atoms with Crippen LogP contribution in [0.5, 0.6) is 0 Å². The van der Waals surface area contributed by atoms with Gasteiger partial charge in [-0.3, -0.25) is 9.59 Å². The molecular weight excluding hydrogens is 406 g/mol. The zero-order valence-electron chi connectivity index (χ0n) is 15.9. The summed E-state index contributed by atoms with van der Waals surface area (Å²) in [5, 5.41) is 11.4. The number of amides is 1. The highest BCUT2D eigenvalue weighted by Crippen LogP contribution is 2.44. The van der Waals surface area contributed by atoms with Gasteiger partial charge in [0.15, 0.2) is 11.4 Å². The Labute approximate surface area is 168 Å². The molecule has 2 aromatic carbocycles. The van der Waals surface area contributed by atoms with Crippen LogP contribution in [-0.4, -0.2) is 23.3 Å². The lowest BCUT2D eigenvalue weighted by molar-refractivity contribution is -0.135. The van der Waals surface area contributed by atoms with Crippen LogP contribution in [0.25, 0.3) is 0 Å². The van der Waals surface area contributed by atoms with Gasteiger partial charge in [0.2, 0.25) is 0 Å². The lowest BCUT2D eigenvalue weighted by Gasteiger charge is -2.23. The standard InChI is InChI=1S/C22H24BrNO3/c1-4-5-10-24-19-9-7-16(23)12-18(19)22(27,21(24)26)13-20(25)17-8-6-14(2)11-15(17)3/h6-9,11-12,27H,4-5,10,13H2,1-3H3/t22-/m0/s1. The van der Waals surface area contributed by atoms with Crippen molar-refractivity contribution in [3.8, 4) is 0 Å². The number of nitrogens with zero attached hydrogens (tertiary/aromatic N) is 1. The van der Waals surface area contributed by atoms with Crippen LogP contribution < -0.4 is 4.90 Å². The molecule has 0 bridgehead atoms. The zero-order chi connectivity index (χ0) is 19.8. The molecule has 0 aromatic heterocycles. The molecule has 5 heteroatoms. The van der Waals surface area contributed by atoms with Gasteiger partial charge in [0.25, 0.3) is 5.91 Å². The van der Waals surface area contributed by atoms with Crippen LogP contribution in [0.2, 0.25) is 0 Å². The van der Waals surface area contributed by atoms with Crippen LogP contribution in [0, 0.1) is 13.8 Å². The number of rotatable bonds is 6. The van der Waals surface area contributed by atoms with Crippen LogP contribution in [0.4, 0.5) is 5.69 Å². The third-order valence-corrected chi connectivity index (χ3v) is 5.62. The average molecular weight is 430 g/mol. The highest BCUT2D eigenvalue weighted by atomic mass is 79.9. The summed E-state index contributed by atoms with van der Waals surface area (Å²) in [6.45, 7) is 6.43. The van der Waals surface area contributed by atoms with Gasteiger partial charge >= 0.3 is 0 Å². The number of aliphatic hydroxyl groups is 1. The molecule has 1 aliphatic heterocycles. The second-order valence-electron chi connectivity index (χ2n) is 7.25. The molecule has 0 spiro atoms. The van der Waals surface area contributed by atoms with E-state index in [-0.39, 0.29) is 12.2 Å². The highest BCUT2D eigenvalue weighted by Gasteiger charge is 2.50. The number of carbonyl (C=O) groups excluding carboxylic acids is 2. The summed E-state index contributed by atoms with van der Waals surface area (Å²) in [5.74, 6) is -0.645. The fourth-order valence-electron chi connectivity index (χ4n) is 3.69. The topological polar surface area (TPSA) is 57.6 Å². The molecule has 1 aliphatic rings. The Morgan fingerprint density at radius 1 is 1.19 bits per heavy atom. The summed E-state index contributed by atoms with van der Waals surface area (Å²) in [7, 11) is 0. The van der Waals surface area contributed by atoms with E-state index in [2.05, 4.69) is 22.9 Å². The van der Waals surface area contributed by atoms with E-state index in [9.17, 15) is 14.7 Å². The number of halogens is 1. The molecule has 0 fully saturated rings. The Hall–Kier alpha value is -1.98. The molecule has 4 nitrogen and oxygen atoms in total. The van der Waals surface area contributed by atoms with Gasteiger partial charge in [-0.15, -0.1) is 0 Å². The molecule has 0 saturated carbocycles. The summed E-state index contributed by atoms with van der Waals surface area (Å²) in [6, 6.07) is 11.0. The molecule has 27 heavy (non-hydrogen) atoms. The largest absolute Gasteiger partial charge is 0.375 e. The van der Waals surface area contributed by atoms with E-state index >= 15 is 0 Å². The molecule has 142 valence electrons. The molecule has 1 N–H and O–H groups in total. The van der Waals surface area contributed by atoms with Crippen molar-refractivity contribution >= 4 is 33.3 Å². The van der Waals surface area contributed by atoms with Crippen LogP contribution >= 0.6 is 15.9 Å². The van der Waals surface area contributed by atoms with Crippen molar-refractivity contribution in [1.29, 1.82) is 0 Å². The summed E-state index contributed by atoms with van der Waals surface area (Å²) in [6.07, 6.45) is 1.51. The fourth-order valence-corrected chi connectivity index (χ4v) is 4.05. The van der Waals surface area contributed by atoms with Crippen molar-refractivity contribution in [2.24, 2.45) is 0 Å². The molecule has 1 amide bonds. The number of hydrogen-bond acceptors (Lipinski definition) is 3. The van der Waals surface area contributed by atoms with E-state index in [0.29, 0.717) is 23.4 Å². The fraction of sp³-hybridized carbons (Fsp3) is 0.364. The number of Topliss-reactive ketones (excluding diaryl/α,β-unsaturated/α-hetero) is 1. The van der Waals surface area contributed by atoms with Crippen LogP contribution in [0.3, 0.4) is 0 Å². The minimum atomic E-state index is -1.83. The van der Waals surface area contributed by atoms with Gasteiger partial charge in [-0.25, -0.2) is 0 Å². The van der Waals surface area contributed by atoms with Crippen molar-refractivity contribution in [3.05, 3.63) is 63.1 Å². The third kappa shape index (κ3) is 3.58. The second kappa shape index (κ2) is 7.56. The van der Waals surface area contributed by atoms with Gasteiger partial charge < -0.3 is 10.0 Å². The number of fused-ring (bicyclic) bond motifs is 1. The lowest BCUT2D eigenvalue weighted by atomic mass is 9.87. The third-order valence-electron chi connectivity index (χ3n) is 5.13. The summed E-state index contributed by atoms with van der Waals surface area (Å²) in [4.78, 5) is 27.7. The molecule has 3 rings (SSSR count). The second-order valence-corrected chi connectivity index (χ2v) is 8.17. The van der Waals surface area contributed by atoms with Crippen molar-refractivity contribution in [1.82, 2.24) is 0 Å². The van der Waals surface area contributed by atoms with Crippen molar-refractivity contribution in [2.75, 3.05) is 11.4 Å². The maximum Gasteiger partial charge on any atom is 0.264 e. The van der Waals surface area contributed by atoms with Gasteiger partial charge in [0.05, 0.1) is 12.1 Å². The quantitative estimate of drug-likeness (QED) is 0.678. The SMILES string of the molecule is CCCCN1C(=O)[C@](O)(CC(=O)c2ccc(C)cc2C)c2cc(Br)ccc21. The lowest BCUT2D eigenvalue weighted by Crippen LogP contribution is -2.42. The molecule has 0 saturated heterocycles. The van der Waals surface area contributed by atoms with E-state index in [0.717, 1.165) is 28.4 Å². The maximum atomic E-state index is 13.1. The van der Waals surface area contributed by atoms with E-state index < -0.39 is 11.5 Å². The van der Waals surface area contributed by atoms with Crippen molar-refractivity contribution < 1.29 is 14.7 Å². The van der Waals surface area contributed by atoms with Crippen LogP contribution in [0.15, 0.2) is 40.9 Å². The molecule has 2 aromatic rings. The number of ketones is 1. The Morgan fingerprint density at radius 3 is 2.59 bits per heavy atom. The molecule has 0 unspecified atom stereocenters. The number of unbranched alkanes of at least 4 members (excludes halogenated alkanes) is 1. The Bertz CT molecular complexity index is 908. The average Bonchev–Trinajstić information content (AvgIpc) is 2.80. The number of benzene rings is 2. The van der Waals surface area contributed by atoms with E-state index in [1.54, 1.807) is 17.0 Å². The molecule has 0 radical (unpaired) electrons. The first-order chi connectivity index (χ1) is 12.8. The van der Waals surface area contributed by atoms with Gasteiger partial charge in [0.1, 0.15) is 0 Å². The zero-order valence-corrected chi connectivity index (χ0v) is 17.5. The summed E-state index contributed by atoms with van der Waals surface area (Å²) in [5.41, 5.74) is 1.82. The number of hydrogen-bond donors (Lipinski definition) is 1.